The first-order valence-electron chi connectivity index (χ1n) is 11.7. The Morgan fingerprint density at radius 2 is 1.94 bits per heavy atom. The molecule has 34 heavy (non-hydrogen) atoms. The highest BCUT2D eigenvalue weighted by atomic mass is 19.1. The third kappa shape index (κ3) is 3.92. The van der Waals surface area contributed by atoms with Crippen LogP contribution in [0, 0.1) is 5.82 Å². The van der Waals surface area contributed by atoms with Crippen molar-refractivity contribution in [2.45, 2.75) is 24.8 Å². The minimum absolute atomic E-state index is 0.0301. The number of hydrogen-bond donors (Lipinski definition) is 1. The Bertz CT molecular complexity index is 1400. The highest BCUT2D eigenvalue weighted by molar-refractivity contribution is 6.10. The molecule has 6 rings (SSSR count). The van der Waals surface area contributed by atoms with Gasteiger partial charge in [-0.25, -0.2) is 14.4 Å². The van der Waals surface area contributed by atoms with Crippen LogP contribution in [0.1, 0.15) is 35.9 Å². The van der Waals surface area contributed by atoms with Crippen molar-refractivity contribution in [3.05, 3.63) is 84.1 Å². The van der Waals surface area contributed by atoms with E-state index in [9.17, 15) is 4.39 Å². The Balaban J connectivity index is 1.39. The molecule has 0 saturated carbocycles. The fourth-order valence-corrected chi connectivity index (χ4v) is 4.89. The molecule has 1 aromatic carbocycles. The number of nitrogens with one attached hydrogen (secondary N) is 1. The van der Waals surface area contributed by atoms with Gasteiger partial charge in [0.2, 0.25) is 0 Å². The fourth-order valence-electron chi connectivity index (χ4n) is 4.89. The molecule has 1 atom stereocenters. The summed E-state index contributed by atoms with van der Waals surface area (Å²) in [6.07, 6.45) is 12.1. The van der Waals surface area contributed by atoms with E-state index in [0.29, 0.717) is 29.5 Å². The van der Waals surface area contributed by atoms with Crippen LogP contribution >= 0.6 is 0 Å². The molecule has 2 aliphatic rings. The lowest BCUT2D eigenvalue weighted by Gasteiger charge is -2.22. The van der Waals surface area contributed by atoms with Crippen LogP contribution in [-0.2, 0) is 0 Å². The van der Waals surface area contributed by atoms with Gasteiger partial charge in [0, 0.05) is 47.6 Å². The molecule has 0 amide bonds. The fraction of sp³-hybridized carbons (Fsp3) is 0.259. The van der Waals surface area contributed by atoms with E-state index in [1.165, 1.54) is 6.07 Å². The smallest absolute Gasteiger partial charge is 0.160 e. The first-order chi connectivity index (χ1) is 16.8. The van der Waals surface area contributed by atoms with Crippen molar-refractivity contribution >= 4 is 22.8 Å². The summed E-state index contributed by atoms with van der Waals surface area (Å²) >= 11 is 0. The largest absolute Gasteiger partial charge is 0.317 e. The number of aliphatic imine (C=N–C) groups is 1. The summed E-state index contributed by atoms with van der Waals surface area (Å²) in [7, 11) is 0. The average Bonchev–Trinajstić information content (AvgIpc) is 3.40. The molecule has 0 spiro atoms. The van der Waals surface area contributed by atoms with Gasteiger partial charge in [0.25, 0.3) is 0 Å². The number of fused-ring (bicyclic) bond motifs is 1. The second-order valence-electron chi connectivity index (χ2n) is 8.86. The molecule has 1 saturated heterocycles. The normalized spacial score (nSPS) is 18.9. The third-order valence-corrected chi connectivity index (χ3v) is 6.70. The molecule has 4 aromatic rings. The first-order valence-corrected chi connectivity index (χ1v) is 11.7. The maximum Gasteiger partial charge on any atom is 0.160 e. The topological polar surface area (TPSA) is 68.0 Å². The van der Waals surface area contributed by atoms with Crippen LogP contribution in [0.15, 0.2) is 72.1 Å². The Morgan fingerprint density at radius 3 is 2.82 bits per heavy atom. The number of rotatable bonds is 4. The van der Waals surface area contributed by atoms with Crippen LogP contribution in [0.5, 0.6) is 0 Å². The summed E-state index contributed by atoms with van der Waals surface area (Å²) in [6.45, 7) is 2.68. The van der Waals surface area contributed by atoms with Gasteiger partial charge >= 0.3 is 0 Å². The molecule has 1 fully saturated rings. The Kier molecular flexibility index (Phi) is 5.47. The molecular formula is C27H25FN6. The van der Waals surface area contributed by atoms with Gasteiger partial charge < -0.3 is 5.32 Å². The summed E-state index contributed by atoms with van der Waals surface area (Å²) < 4.78 is 16.7. The molecule has 1 N–H and O–H groups in total. The lowest BCUT2D eigenvalue weighted by Crippen LogP contribution is -2.29. The highest BCUT2D eigenvalue weighted by Crippen LogP contribution is 2.34. The van der Waals surface area contributed by atoms with Crippen molar-refractivity contribution in [2.75, 3.05) is 19.6 Å². The van der Waals surface area contributed by atoms with Crippen molar-refractivity contribution in [1.29, 1.82) is 0 Å². The molecule has 7 heteroatoms. The lowest BCUT2D eigenvalue weighted by molar-refractivity contribution is 0.343. The highest BCUT2D eigenvalue weighted by Gasteiger charge is 2.21. The number of dihydropyridines is 1. The van der Waals surface area contributed by atoms with Gasteiger partial charge in [-0.3, -0.25) is 9.67 Å². The molecular weight excluding hydrogens is 427 g/mol. The number of pyridine rings is 2. The average molecular weight is 453 g/mol. The number of allylic oxidation sites excluding steroid dienone is 1. The molecule has 6 nitrogen and oxygen atoms in total. The van der Waals surface area contributed by atoms with Gasteiger partial charge in [-0.15, -0.1) is 0 Å². The van der Waals surface area contributed by atoms with E-state index in [4.69, 9.17) is 0 Å². The summed E-state index contributed by atoms with van der Waals surface area (Å²) in [5.74, 6) is -0.262. The number of halogens is 1. The molecule has 170 valence electrons. The van der Waals surface area contributed by atoms with Gasteiger partial charge in [-0.05, 0) is 67.4 Å². The zero-order chi connectivity index (χ0) is 22.9. The van der Waals surface area contributed by atoms with Gasteiger partial charge in [-0.2, -0.15) is 5.10 Å². The monoisotopic (exact) mass is 452 g/mol. The van der Waals surface area contributed by atoms with E-state index in [1.807, 2.05) is 36.7 Å². The zero-order valence-electron chi connectivity index (χ0n) is 18.7. The minimum atomic E-state index is -0.292. The quantitative estimate of drug-likeness (QED) is 0.483. The zero-order valence-corrected chi connectivity index (χ0v) is 18.7. The van der Waals surface area contributed by atoms with E-state index < -0.39 is 0 Å². The van der Waals surface area contributed by atoms with Gasteiger partial charge in [0.1, 0.15) is 5.82 Å². The Hall–Kier alpha value is -3.71. The molecule has 0 radical (unpaired) electrons. The van der Waals surface area contributed by atoms with E-state index in [2.05, 4.69) is 42.3 Å². The minimum Gasteiger partial charge on any atom is -0.317 e. The summed E-state index contributed by atoms with van der Waals surface area (Å²) in [6, 6.07) is 13.1. The van der Waals surface area contributed by atoms with Crippen molar-refractivity contribution in [3.8, 4) is 11.3 Å². The van der Waals surface area contributed by atoms with E-state index in [0.717, 1.165) is 48.0 Å². The molecule has 3 aromatic heterocycles. The Labute approximate surface area is 197 Å². The number of piperidine rings is 1. The van der Waals surface area contributed by atoms with Gasteiger partial charge in [0.05, 0.1) is 17.9 Å². The van der Waals surface area contributed by atoms with Crippen LogP contribution in [0.25, 0.3) is 27.9 Å². The second-order valence-corrected chi connectivity index (χ2v) is 8.86. The first kappa shape index (κ1) is 20.9. The number of aromatic nitrogens is 4. The number of nitrogens with zero attached hydrogens (tertiary/aromatic N) is 5. The van der Waals surface area contributed by atoms with Crippen LogP contribution in [0.4, 0.5) is 4.39 Å². The molecule has 5 heterocycles. The molecule has 0 bridgehead atoms. The van der Waals surface area contributed by atoms with Crippen LogP contribution in [-0.4, -0.2) is 45.6 Å². The summed E-state index contributed by atoms with van der Waals surface area (Å²) in [5, 5.41) is 9.02. The van der Waals surface area contributed by atoms with Gasteiger partial charge in [0.15, 0.2) is 5.65 Å². The lowest BCUT2D eigenvalue weighted by atomic mass is 9.90. The predicted octanol–water partition coefficient (Wildman–Crippen LogP) is 4.81. The third-order valence-electron chi connectivity index (χ3n) is 6.70. The maximum atomic E-state index is 14.6. The van der Waals surface area contributed by atoms with E-state index in [1.54, 1.807) is 18.3 Å². The second kappa shape index (κ2) is 8.91. The SMILES string of the molecule is Fc1ccccc1-c1cc(C2C=C(c3cnn(C4CCNCC4)c3)C=NC2)c2cccnc2n1. The number of benzene rings is 1. The predicted molar refractivity (Wildman–Crippen MR) is 132 cm³/mol. The van der Waals surface area contributed by atoms with Crippen LogP contribution in [0.2, 0.25) is 0 Å². The van der Waals surface area contributed by atoms with Crippen molar-refractivity contribution < 1.29 is 4.39 Å². The molecule has 2 aliphatic heterocycles. The summed E-state index contributed by atoms with van der Waals surface area (Å²) in [5.41, 5.74) is 4.85. The van der Waals surface area contributed by atoms with Crippen molar-refractivity contribution in [3.63, 3.8) is 0 Å². The van der Waals surface area contributed by atoms with Crippen molar-refractivity contribution in [1.82, 2.24) is 25.1 Å². The summed E-state index contributed by atoms with van der Waals surface area (Å²) in [4.78, 5) is 13.8. The van der Waals surface area contributed by atoms with Crippen LogP contribution < -0.4 is 5.32 Å². The standard InChI is InChI=1S/C27H25FN6/c28-25-6-2-1-4-23(25)26-13-24(22-5-3-9-31-27(22)33-26)19-12-18(14-30-15-19)20-16-32-34(17-20)21-7-10-29-11-8-21/h1-6,9,12-14,16-17,19,21,29H,7-8,10-11,15H2. The molecule has 0 aliphatic carbocycles. The Morgan fingerprint density at radius 1 is 1.06 bits per heavy atom. The number of hydrogen-bond acceptors (Lipinski definition) is 5. The van der Waals surface area contributed by atoms with Crippen molar-refractivity contribution in [2.24, 2.45) is 4.99 Å². The van der Waals surface area contributed by atoms with E-state index in [-0.39, 0.29) is 11.7 Å². The van der Waals surface area contributed by atoms with Crippen LogP contribution in [0.3, 0.4) is 0 Å². The van der Waals surface area contributed by atoms with E-state index >= 15 is 0 Å². The maximum absolute atomic E-state index is 14.6. The van der Waals surface area contributed by atoms with Gasteiger partial charge in [-0.1, -0.05) is 18.2 Å². The molecule has 1 unspecified atom stereocenters.